The quantitative estimate of drug-likeness (QED) is 0.244. The topological polar surface area (TPSA) is 83.8 Å². The maximum absolute atomic E-state index is 10.8. The van der Waals surface area contributed by atoms with E-state index in [1.807, 2.05) is 79.2 Å². The van der Waals surface area contributed by atoms with Crippen molar-refractivity contribution < 1.29 is 14.6 Å². The largest absolute Gasteiger partial charge is 0.481 e. The molecule has 6 nitrogen and oxygen atoms in total. The first kappa shape index (κ1) is 26.4. The van der Waals surface area contributed by atoms with Gasteiger partial charge in [-0.25, -0.2) is 4.98 Å². The number of nitrogens with zero attached hydrogens (tertiary/aromatic N) is 2. The molecule has 1 aromatic carbocycles. The summed E-state index contributed by atoms with van der Waals surface area (Å²) < 4.78 is 6.17. The summed E-state index contributed by atoms with van der Waals surface area (Å²) in [5.74, 6) is 1.06. The normalized spacial score (nSPS) is 14.5. The lowest BCUT2D eigenvalue weighted by atomic mass is 10.2. The molecular weight excluding hydrogens is 478 g/mol. The summed E-state index contributed by atoms with van der Waals surface area (Å²) in [7, 11) is 0. The van der Waals surface area contributed by atoms with Crippen molar-refractivity contribution in [3.05, 3.63) is 90.0 Å². The van der Waals surface area contributed by atoms with Crippen LogP contribution in [0.5, 0.6) is 11.5 Å². The van der Waals surface area contributed by atoms with E-state index in [1.165, 1.54) is 11.8 Å². The van der Waals surface area contributed by atoms with Crippen LogP contribution >= 0.6 is 23.5 Å². The molecule has 0 aliphatic carbocycles. The number of allylic oxidation sites excluding steroid dienone is 4. The van der Waals surface area contributed by atoms with Gasteiger partial charge in [-0.1, -0.05) is 60.8 Å². The maximum Gasteiger partial charge on any atom is 0.303 e. The minimum Gasteiger partial charge on any atom is -0.481 e. The van der Waals surface area contributed by atoms with Crippen LogP contribution in [0.25, 0.3) is 0 Å². The molecule has 0 fully saturated rings. The zero-order chi connectivity index (χ0) is 25.0. The molecule has 2 N–H and O–H groups in total. The molecule has 2 aromatic rings. The van der Waals surface area contributed by atoms with Crippen molar-refractivity contribution in [2.45, 2.75) is 36.8 Å². The van der Waals surface area contributed by atoms with Crippen LogP contribution in [0.4, 0.5) is 5.82 Å². The zero-order valence-corrected chi connectivity index (χ0v) is 21.4. The number of amidine groups is 1. The first-order valence-corrected chi connectivity index (χ1v) is 13.0. The standard InChI is InChI=1S/C27H29N3O3S2/c1-4-5-7-10-19(2)20(3)35-23-15-24(33-22-11-8-6-9-12-22)26(28-17-23)30-27-29-16-21(18-34-27)13-14-25(31)32/h4-12,15,17-18,20H,2,13-14,16H2,1,3H3,(H,31,32)(H,28,29,30)/b5-4-,10-7-. The SMILES string of the molecule is C=C(/C=C\C=C/C)C(C)Sc1cnc(NC2=NCC(CCC(=O)O)=CS2)c(Oc2ccccc2)c1. The minimum atomic E-state index is -0.805. The summed E-state index contributed by atoms with van der Waals surface area (Å²) in [5, 5.41) is 14.9. The maximum atomic E-state index is 10.8. The van der Waals surface area contributed by atoms with Crippen LogP contribution in [0.3, 0.4) is 0 Å². The first-order chi connectivity index (χ1) is 16.9. The predicted octanol–water partition coefficient (Wildman–Crippen LogP) is 7.31. The molecule has 0 spiro atoms. The summed E-state index contributed by atoms with van der Waals surface area (Å²) >= 11 is 3.08. The molecule has 8 heteroatoms. The van der Waals surface area contributed by atoms with Crippen LogP contribution in [0, 0.1) is 0 Å². The summed E-state index contributed by atoms with van der Waals surface area (Å²) in [5.41, 5.74) is 2.01. The van der Waals surface area contributed by atoms with E-state index in [9.17, 15) is 4.79 Å². The van der Waals surface area contributed by atoms with Crippen molar-refractivity contribution >= 4 is 40.5 Å². The molecule has 3 rings (SSSR count). The molecule has 1 aromatic heterocycles. The Bertz CT molecular complexity index is 1160. The summed E-state index contributed by atoms with van der Waals surface area (Å²) in [6.07, 6.45) is 10.4. The Morgan fingerprint density at radius 3 is 2.83 bits per heavy atom. The summed E-state index contributed by atoms with van der Waals surface area (Å²) in [6.45, 7) is 8.73. The number of carbonyl (C=O) groups is 1. The number of aliphatic carboxylic acids is 1. The van der Waals surface area contributed by atoms with Crippen molar-refractivity contribution in [2.75, 3.05) is 11.9 Å². The third kappa shape index (κ3) is 8.81. The number of benzene rings is 1. The van der Waals surface area contributed by atoms with E-state index in [0.29, 0.717) is 35.5 Å². The molecule has 0 amide bonds. The number of carboxylic acid groups (broad SMARTS) is 1. The summed E-state index contributed by atoms with van der Waals surface area (Å²) in [6, 6.07) is 11.5. The Labute approximate surface area is 215 Å². The average molecular weight is 508 g/mol. The third-order valence-electron chi connectivity index (χ3n) is 4.90. The number of nitrogens with one attached hydrogen (secondary N) is 1. The lowest BCUT2D eigenvalue weighted by molar-refractivity contribution is -0.136. The van der Waals surface area contributed by atoms with E-state index < -0.39 is 5.97 Å². The van der Waals surface area contributed by atoms with E-state index in [4.69, 9.17) is 9.84 Å². The van der Waals surface area contributed by atoms with Crippen molar-refractivity contribution in [2.24, 2.45) is 4.99 Å². The third-order valence-corrected chi connectivity index (χ3v) is 6.95. The van der Waals surface area contributed by atoms with E-state index in [2.05, 4.69) is 28.8 Å². The van der Waals surface area contributed by atoms with Gasteiger partial charge >= 0.3 is 5.97 Å². The van der Waals surface area contributed by atoms with Gasteiger partial charge in [0.2, 0.25) is 0 Å². The van der Waals surface area contributed by atoms with Crippen LogP contribution in [-0.2, 0) is 4.79 Å². The minimum absolute atomic E-state index is 0.108. The second-order valence-electron chi connectivity index (χ2n) is 7.69. The highest BCUT2D eigenvalue weighted by Crippen LogP contribution is 2.35. The van der Waals surface area contributed by atoms with Crippen molar-refractivity contribution in [1.29, 1.82) is 0 Å². The number of rotatable bonds is 11. The van der Waals surface area contributed by atoms with Gasteiger partial charge < -0.3 is 15.2 Å². The molecule has 0 saturated carbocycles. The van der Waals surface area contributed by atoms with E-state index in [0.717, 1.165) is 16.0 Å². The van der Waals surface area contributed by atoms with Crippen molar-refractivity contribution in [3.63, 3.8) is 0 Å². The number of hydrogen-bond acceptors (Lipinski definition) is 7. The number of thioether (sulfide) groups is 2. The fraction of sp³-hybridized carbons (Fsp3) is 0.222. The van der Waals surface area contributed by atoms with Gasteiger partial charge in [0.25, 0.3) is 0 Å². The molecule has 1 unspecified atom stereocenters. The second-order valence-corrected chi connectivity index (χ2v) is 9.96. The predicted molar refractivity (Wildman–Crippen MR) is 148 cm³/mol. The Hall–Kier alpha value is -3.23. The van der Waals surface area contributed by atoms with Gasteiger partial charge in [-0.3, -0.25) is 9.79 Å². The highest BCUT2D eigenvalue weighted by Gasteiger charge is 2.16. The molecule has 35 heavy (non-hydrogen) atoms. The Kier molecular flexibility index (Phi) is 10.3. The van der Waals surface area contributed by atoms with Crippen LogP contribution in [0.2, 0.25) is 0 Å². The van der Waals surface area contributed by atoms with Gasteiger partial charge in [-0.05, 0) is 55.0 Å². The average Bonchev–Trinajstić information content (AvgIpc) is 2.86. The highest BCUT2D eigenvalue weighted by atomic mass is 32.2. The molecule has 1 atom stereocenters. The second kappa shape index (κ2) is 13.6. The number of hydrogen-bond donors (Lipinski definition) is 2. The molecule has 2 heterocycles. The number of pyridine rings is 1. The van der Waals surface area contributed by atoms with Crippen LogP contribution in [0.1, 0.15) is 26.7 Å². The Morgan fingerprint density at radius 2 is 2.14 bits per heavy atom. The molecule has 0 bridgehead atoms. The lowest BCUT2D eigenvalue weighted by Crippen LogP contribution is -2.13. The molecular formula is C27H29N3O3S2. The van der Waals surface area contributed by atoms with E-state index in [1.54, 1.807) is 11.8 Å². The number of anilines is 1. The van der Waals surface area contributed by atoms with Gasteiger partial charge in [-0.2, -0.15) is 0 Å². The fourth-order valence-corrected chi connectivity index (χ4v) is 4.64. The number of ether oxygens (including phenoxy) is 1. The number of para-hydroxylation sites is 1. The Morgan fingerprint density at radius 1 is 1.34 bits per heavy atom. The monoisotopic (exact) mass is 507 g/mol. The van der Waals surface area contributed by atoms with Gasteiger partial charge in [-0.15, -0.1) is 11.8 Å². The van der Waals surface area contributed by atoms with E-state index >= 15 is 0 Å². The Balaban J connectivity index is 1.74. The number of aromatic nitrogens is 1. The van der Waals surface area contributed by atoms with Crippen LogP contribution in [0.15, 0.2) is 99.9 Å². The summed E-state index contributed by atoms with van der Waals surface area (Å²) in [4.78, 5) is 20.9. The van der Waals surface area contributed by atoms with Crippen molar-refractivity contribution in [1.82, 2.24) is 4.98 Å². The molecule has 182 valence electrons. The molecule has 0 radical (unpaired) electrons. The van der Waals surface area contributed by atoms with Crippen molar-refractivity contribution in [3.8, 4) is 11.5 Å². The zero-order valence-electron chi connectivity index (χ0n) is 19.8. The first-order valence-electron chi connectivity index (χ1n) is 11.2. The molecule has 1 aliphatic rings. The number of carboxylic acids is 1. The van der Waals surface area contributed by atoms with E-state index in [-0.39, 0.29) is 11.7 Å². The molecule has 1 aliphatic heterocycles. The van der Waals surface area contributed by atoms with Gasteiger partial charge in [0, 0.05) is 22.8 Å². The lowest BCUT2D eigenvalue weighted by Gasteiger charge is -2.17. The van der Waals surface area contributed by atoms with Gasteiger partial charge in [0.1, 0.15) is 5.75 Å². The van der Waals surface area contributed by atoms with Gasteiger partial charge in [0.15, 0.2) is 16.7 Å². The number of aliphatic imine (C=N–C) groups is 1. The van der Waals surface area contributed by atoms with Crippen LogP contribution in [-0.4, -0.2) is 33.0 Å². The van der Waals surface area contributed by atoms with Gasteiger partial charge in [0.05, 0.1) is 6.54 Å². The van der Waals surface area contributed by atoms with Crippen LogP contribution < -0.4 is 10.1 Å². The highest BCUT2D eigenvalue weighted by molar-refractivity contribution is 8.16. The molecule has 0 saturated heterocycles. The fourth-order valence-electron chi connectivity index (χ4n) is 2.95. The smallest absolute Gasteiger partial charge is 0.303 e.